The number of pyridine rings is 4. The Hall–Kier alpha value is -7.19. The Morgan fingerprint density at radius 1 is 0.612 bits per heavy atom. The van der Waals surface area contributed by atoms with Crippen LogP contribution in [-0.4, -0.2) is 86.4 Å². The van der Waals surface area contributed by atoms with Gasteiger partial charge in [0.25, 0.3) is 17.4 Å². The molecule has 5 N–H and O–H groups in total. The van der Waals surface area contributed by atoms with E-state index in [0.29, 0.717) is 42.8 Å². The molecule has 1 aromatic carbocycles. The third-order valence-electron chi connectivity index (χ3n) is 9.52. The van der Waals surface area contributed by atoms with Crippen molar-refractivity contribution in [2.75, 3.05) is 19.6 Å². The van der Waals surface area contributed by atoms with Crippen LogP contribution in [0, 0.1) is 0 Å². The van der Waals surface area contributed by atoms with E-state index in [-0.39, 0.29) is 93.0 Å². The van der Waals surface area contributed by atoms with Crippen molar-refractivity contribution in [2.24, 2.45) is 14.1 Å². The molecule has 8 aromatic rings. The molecule has 0 saturated carbocycles. The number of aryl methyl sites for hydroxylation is 2. The van der Waals surface area contributed by atoms with Crippen molar-refractivity contribution in [3.63, 3.8) is 0 Å². The van der Waals surface area contributed by atoms with Gasteiger partial charge in [-0.1, -0.05) is 24.3 Å². The number of amides is 3. The molecule has 67 heavy (non-hydrogen) atoms. The number of H-pyrrole nitrogens is 2. The maximum atomic E-state index is 12.4. The molecule has 0 spiro atoms. The van der Waals surface area contributed by atoms with Crippen LogP contribution < -0.4 is 52.0 Å². The SMILES string of the molecule is Cn1c(=O)c2[nH]c(CCCC(=O)NCCNC(=O)c3ccc(C(=O)NCCc4cnc[nH]4)cc3)nc2n(C)c1=O.[Cl-].[Cl-].[Os+2].c1ccc(-c2ccccn2)nc1.c1ccc(-c2ccccn2)nc1. The zero-order valence-corrected chi connectivity index (χ0v) is 40.4. The molecular formula is C46H47Cl2N13O5Os. The average Bonchev–Trinajstić information content (AvgIpc) is 4.04. The van der Waals surface area contributed by atoms with Crippen molar-refractivity contribution in [1.82, 2.24) is 65.0 Å². The van der Waals surface area contributed by atoms with E-state index in [0.717, 1.165) is 33.0 Å². The van der Waals surface area contributed by atoms with Crippen molar-refractivity contribution in [2.45, 2.75) is 25.7 Å². The summed E-state index contributed by atoms with van der Waals surface area (Å²) in [6.07, 6.45) is 12.1. The molecule has 0 radical (unpaired) electrons. The fraction of sp³-hybridized carbons (Fsp3) is 0.196. The number of nitrogens with one attached hydrogen (secondary N) is 5. The predicted octanol–water partition coefficient (Wildman–Crippen LogP) is -2.18. The van der Waals surface area contributed by atoms with Crippen LogP contribution in [0.15, 0.2) is 144 Å². The van der Waals surface area contributed by atoms with Crippen LogP contribution in [0.5, 0.6) is 0 Å². The molecule has 0 saturated heterocycles. The molecule has 7 heterocycles. The normalized spacial score (nSPS) is 10.0. The summed E-state index contributed by atoms with van der Waals surface area (Å²) in [5.41, 5.74) is 5.06. The van der Waals surface area contributed by atoms with Crippen LogP contribution in [-0.2, 0) is 51.5 Å². The molecule has 0 bridgehead atoms. The third-order valence-corrected chi connectivity index (χ3v) is 9.52. The topological polar surface area (TPSA) is 240 Å². The zero-order chi connectivity index (χ0) is 45.1. The van der Waals surface area contributed by atoms with Crippen LogP contribution in [0.3, 0.4) is 0 Å². The fourth-order valence-corrected chi connectivity index (χ4v) is 6.14. The maximum absolute atomic E-state index is 12.4. The van der Waals surface area contributed by atoms with Gasteiger partial charge in [0.15, 0.2) is 5.65 Å². The van der Waals surface area contributed by atoms with Gasteiger partial charge < -0.3 is 50.7 Å². The fourth-order valence-electron chi connectivity index (χ4n) is 6.14. The summed E-state index contributed by atoms with van der Waals surface area (Å²) in [5, 5.41) is 8.30. The molecule has 21 heteroatoms. The van der Waals surface area contributed by atoms with E-state index in [2.05, 4.69) is 55.8 Å². The summed E-state index contributed by atoms with van der Waals surface area (Å²) in [6, 6.07) is 29.5. The number of halogens is 2. The smallest absolute Gasteiger partial charge is 1.00 e. The molecule has 0 aliphatic carbocycles. The molecule has 0 atom stereocenters. The van der Waals surface area contributed by atoms with Gasteiger partial charge in [-0.2, -0.15) is 0 Å². The minimum Gasteiger partial charge on any atom is -1.00 e. The van der Waals surface area contributed by atoms with Crippen LogP contribution in [0.4, 0.5) is 0 Å². The van der Waals surface area contributed by atoms with E-state index in [4.69, 9.17) is 0 Å². The summed E-state index contributed by atoms with van der Waals surface area (Å²) < 4.78 is 2.31. The molecule has 0 unspecified atom stereocenters. The summed E-state index contributed by atoms with van der Waals surface area (Å²) >= 11 is 0. The van der Waals surface area contributed by atoms with Gasteiger partial charge in [0.1, 0.15) is 11.3 Å². The number of fused-ring (bicyclic) bond motifs is 1. The van der Waals surface area contributed by atoms with E-state index in [9.17, 15) is 24.0 Å². The van der Waals surface area contributed by atoms with Crippen molar-refractivity contribution in [3.05, 3.63) is 178 Å². The van der Waals surface area contributed by atoms with Crippen LogP contribution in [0.25, 0.3) is 33.9 Å². The largest absolute Gasteiger partial charge is 2.00 e. The van der Waals surface area contributed by atoms with Crippen LogP contribution >= 0.6 is 0 Å². The first-order valence-corrected chi connectivity index (χ1v) is 20.4. The molecule has 0 aliphatic heterocycles. The predicted molar refractivity (Wildman–Crippen MR) is 241 cm³/mol. The average molecular weight is 1120 g/mol. The van der Waals surface area contributed by atoms with Crippen molar-refractivity contribution < 1.29 is 59.0 Å². The number of aromatic nitrogens is 10. The molecule has 348 valence electrons. The zero-order valence-electron chi connectivity index (χ0n) is 36.4. The summed E-state index contributed by atoms with van der Waals surface area (Å²) in [5.74, 6) is -0.210. The number of nitrogens with zero attached hydrogens (tertiary/aromatic N) is 8. The van der Waals surface area contributed by atoms with E-state index in [1.54, 1.807) is 68.6 Å². The summed E-state index contributed by atoms with van der Waals surface area (Å²) in [4.78, 5) is 92.0. The number of imidazole rings is 2. The summed E-state index contributed by atoms with van der Waals surface area (Å²) in [6.45, 7) is 0.948. The first-order chi connectivity index (χ1) is 31.2. The second kappa shape index (κ2) is 28.0. The number of aromatic amines is 2. The number of carbonyl (C=O) groups excluding carboxylic acids is 3. The Balaban J connectivity index is 0.000000356. The molecule has 0 fully saturated rings. The van der Waals surface area contributed by atoms with Gasteiger partial charge in [0.2, 0.25) is 5.91 Å². The van der Waals surface area contributed by atoms with E-state index < -0.39 is 11.2 Å². The third kappa shape index (κ3) is 16.0. The van der Waals surface area contributed by atoms with Gasteiger partial charge >= 0.3 is 25.5 Å². The molecule has 7 aromatic heterocycles. The minimum absolute atomic E-state index is 0. The Morgan fingerprint density at radius 2 is 1.09 bits per heavy atom. The quantitative estimate of drug-likeness (QED) is 0.0734. The van der Waals surface area contributed by atoms with Gasteiger partial charge in [-0.3, -0.25) is 48.2 Å². The maximum Gasteiger partial charge on any atom is 2.00 e. The van der Waals surface area contributed by atoms with E-state index in [1.807, 2.05) is 72.8 Å². The molecule has 8 rings (SSSR count). The monoisotopic (exact) mass is 1120 g/mol. The number of hydrogen-bond acceptors (Lipinski definition) is 11. The number of rotatable bonds is 14. The number of benzene rings is 1. The van der Waals surface area contributed by atoms with E-state index >= 15 is 0 Å². The van der Waals surface area contributed by atoms with Gasteiger partial charge in [0.05, 0.1) is 29.1 Å². The number of hydrogen-bond donors (Lipinski definition) is 5. The van der Waals surface area contributed by atoms with Crippen LogP contribution in [0.1, 0.15) is 45.1 Å². The Morgan fingerprint density at radius 3 is 1.54 bits per heavy atom. The van der Waals surface area contributed by atoms with Gasteiger partial charge in [-0.15, -0.1) is 0 Å². The molecular weight excluding hydrogens is 1080 g/mol. The second-order valence-electron chi connectivity index (χ2n) is 14.1. The minimum atomic E-state index is -0.459. The van der Waals surface area contributed by atoms with Crippen molar-refractivity contribution in [3.8, 4) is 22.8 Å². The van der Waals surface area contributed by atoms with E-state index in [1.165, 1.54) is 11.6 Å². The van der Waals surface area contributed by atoms with Crippen LogP contribution in [0.2, 0.25) is 0 Å². The Kier molecular flexibility index (Phi) is 22.6. The van der Waals surface area contributed by atoms with Gasteiger partial charge in [-0.25, -0.2) is 14.8 Å². The second-order valence-corrected chi connectivity index (χ2v) is 14.1. The molecule has 18 nitrogen and oxygen atoms in total. The van der Waals surface area contributed by atoms with Gasteiger partial charge in [0, 0.05) is 101 Å². The Labute approximate surface area is 410 Å². The Bertz CT molecular complexity index is 2700. The first-order valence-electron chi connectivity index (χ1n) is 20.4. The van der Waals surface area contributed by atoms with Crippen molar-refractivity contribution in [1.29, 1.82) is 0 Å². The molecule has 3 amide bonds. The first kappa shape index (κ1) is 54.1. The van der Waals surface area contributed by atoms with Gasteiger partial charge in [-0.05, 0) is 79.2 Å². The standard InChI is InChI=1S/C26H31N9O5.2C10H8N2.2ClH.Os/c1-34-22-21(25(39)35(2)26(34)40)32-19(33-22)4-3-5-20(36)28-12-13-30-24(38)17-8-6-16(7-9-17)23(37)29-11-10-18-14-27-15-31-18;2*1-3-7-11-9(5-1)10-6-2-4-8-12-10;;;/h6-9,14-15H,3-5,10-13H2,1-2H3,(H,27,31)(H,28,36)(H,29,37)(H,30,38)(H,32,33);2*1-8H;2*1H;/q;;;;;+2/p-2. The molecule has 0 aliphatic rings. The summed E-state index contributed by atoms with van der Waals surface area (Å²) in [7, 11) is 2.95. The van der Waals surface area contributed by atoms with Crippen molar-refractivity contribution >= 4 is 28.9 Å². The number of carbonyl (C=O) groups is 3.